The monoisotopic (exact) mass is 524 g/mol. The standard InChI is InChI=1S/C31H48N4O3/c1-3-5-7-9-10-11-16-20-29(36)34-23-21-33(22-24-34)28-26-32-35(27-18-14-13-15-19-27)31(37)30(28)38-25-17-12-8-6-4-2/h13-15,18-19,26H,3-12,16-17,20-25H2,1-2H3. The molecule has 7 nitrogen and oxygen atoms in total. The molecule has 0 radical (unpaired) electrons. The molecule has 1 aromatic carbocycles. The van der Waals surface area contributed by atoms with Crippen LogP contribution in [0.2, 0.25) is 0 Å². The van der Waals surface area contributed by atoms with Crippen molar-refractivity contribution in [2.45, 2.75) is 97.3 Å². The quantitative estimate of drug-likeness (QED) is 0.225. The Morgan fingerprint density at radius 3 is 2.08 bits per heavy atom. The van der Waals surface area contributed by atoms with Crippen molar-refractivity contribution in [2.75, 3.05) is 37.7 Å². The van der Waals surface area contributed by atoms with Crippen molar-refractivity contribution in [3.63, 3.8) is 0 Å². The Hall–Kier alpha value is -2.83. The Labute approximate surface area is 229 Å². The fourth-order valence-corrected chi connectivity index (χ4v) is 5.01. The number of amides is 1. The third-order valence-electron chi connectivity index (χ3n) is 7.38. The first-order valence-electron chi connectivity index (χ1n) is 15.0. The van der Waals surface area contributed by atoms with Gasteiger partial charge in [0.05, 0.1) is 18.5 Å². The molecule has 1 saturated heterocycles. The van der Waals surface area contributed by atoms with Crippen LogP contribution in [0.3, 0.4) is 0 Å². The molecular weight excluding hydrogens is 476 g/mol. The summed E-state index contributed by atoms with van der Waals surface area (Å²) < 4.78 is 7.56. The van der Waals surface area contributed by atoms with Crippen LogP contribution in [0, 0.1) is 0 Å². The molecule has 0 atom stereocenters. The molecule has 3 rings (SSSR count). The van der Waals surface area contributed by atoms with Gasteiger partial charge in [0, 0.05) is 32.6 Å². The molecule has 38 heavy (non-hydrogen) atoms. The Morgan fingerprint density at radius 1 is 0.816 bits per heavy atom. The Balaban J connectivity index is 1.59. The molecule has 0 spiro atoms. The summed E-state index contributed by atoms with van der Waals surface area (Å²) in [6.07, 6.45) is 16.5. The SMILES string of the molecule is CCCCCCCCCC(=O)N1CCN(c2cnn(-c3ccccc3)c(=O)c2OCCCCCCC)CC1. The highest BCUT2D eigenvalue weighted by Crippen LogP contribution is 2.26. The fourth-order valence-electron chi connectivity index (χ4n) is 5.01. The van der Waals surface area contributed by atoms with Crippen molar-refractivity contribution < 1.29 is 9.53 Å². The van der Waals surface area contributed by atoms with Gasteiger partial charge in [0.2, 0.25) is 11.7 Å². The summed E-state index contributed by atoms with van der Waals surface area (Å²) in [4.78, 5) is 30.4. The number of para-hydroxylation sites is 1. The van der Waals surface area contributed by atoms with E-state index >= 15 is 0 Å². The van der Waals surface area contributed by atoms with Gasteiger partial charge in [-0.15, -0.1) is 0 Å². The van der Waals surface area contributed by atoms with Crippen LogP contribution in [0.15, 0.2) is 41.3 Å². The predicted molar refractivity (Wildman–Crippen MR) is 155 cm³/mol. The summed E-state index contributed by atoms with van der Waals surface area (Å²) >= 11 is 0. The van der Waals surface area contributed by atoms with E-state index in [2.05, 4.69) is 23.8 Å². The van der Waals surface area contributed by atoms with Gasteiger partial charge in [-0.2, -0.15) is 9.78 Å². The fraction of sp³-hybridized carbons (Fsp3) is 0.645. The van der Waals surface area contributed by atoms with Crippen LogP contribution in [0.1, 0.15) is 97.3 Å². The van der Waals surface area contributed by atoms with Gasteiger partial charge in [-0.1, -0.05) is 96.3 Å². The summed E-state index contributed by atoms with van der Waals surface area (Å²) in [6.45, 7) is 7.62. The summed E-state index contributed by atoms with van der Waals surface area (Å²) in [5.41, 5.74) is 1.22. The number of hydrogen-bond donors (Lipinski definition) is 0. The number of rotatable bonds is 17. The average molecular weight is 525 g/mol. The second-order valence-corrected chi connectivity index (χ2v) is 10.4. The summed E-state index contributed by atoms with van der Waals surface area (Å²) in [6, 6.07) is 9.46. The van der Waals surface area contributed by atoms with Gasteiger partial charge >= 0.3 is 5.56 Å². The molecule has 0 bridgehead atoms. The number of hydrogen-bond acceptors (Lipinski definition) is 5. The van der Waals surface area contributed by atoms with E-state index in [1.54, 1.807) is 6.20 Å². The Kier molecular flexibility index (Phi) is 13.2. The van der Waals surface area contributed by atoms with Gasteiger partial charge in [0.15, 0.2) is 0 Å². The Morgan fingerprint density at radius 2 is 1.42 bits per heavy atom. The first-order valence-corrected chi connectivity index (χ1v) is 15.0. The first kappa shape index (κ1) is 29.7. The van der Waals surface area contributed by atoms with E-state index in [0.29, 0.717) is 45.0 Å². The van der Waals surface area contributed by atoms with E-state index in [1.165, 1.54) is 56.0 Å². The van der Waals surface area contributed by atoms with E-state index < -0.39 is 0 Å². The molecule has 1 aliphatic rings. The lowest BCUT2D eigenvalue weighted by Crippen LogP contribution is -2.49. The van der Waals surface area contributed by atoms with Crippen molar-refractivity contribution in [1.29, 1.82) is 0 Å². The minimum atomic E-state index is -0.236. The minimum Gasteiger partial charge on any atom is -0.486 e. The number of carbonyl (C=O) groups excluding carboxylic acids is 1. The largest absolute Gasteiger partial charge is 0.486 e. The normalized spacial score (nSPS) is 13.6. The highest BCUT2D eigenvalue weighted by molar-refractivity contribution is 5.76. The van der Waals surface area contributed by atoms with Crippen LogP contribution in [0.4, 0.5) is 5.69 Å². The van der Waals surface area contributed by atoms with E-state index in [4.69, 9.17) is 4.74 Å². The maximum absolute atomic E-state index is 13.5. The lowest BCUT2D eigenvalue weighted by atomic mass is 10.1. The van der Waals surface area contributed by atoms with Gasteiger partial charge < -0.3 is 14.5 Å². The van der Waals surface area contributed by atoms with Crippen LogP contribution in [-0.2, 0) is 4.79 Å². The molecule has 0 N–H and O–H groups in total. The van der Waals surface area contributed by atoms with E-state index in [1.807, 2.05) is 35.2 Å². The van der Waals surface area contributed by atoms with E-state index in [0.717, 1.165) is 37.1 Å². The second kappa shape index (κ2) is 16.9. The van der Waals surface area contributed by atoms with Crippen molar-refractivity contribution in [3.05, 3.63) is 46.9 Å². The van der Waals surface area contributed by atoms with Gasteiger partial charge in [-0.05, 0) is 25.0 Å². The lowest BCUT2D eigenvalue weighted by molar-refractivity contribution is -0.131. The maximum atomic E-state index is 13.5. The number of anilines is 1. The van der Waals surface area contributed by atoms with Gasteiger partial charge in [-0.25, -0.2) is 0 Å². The topological polar surface area (TPSA) is 67.7 Å². The molecule has 1 amide bonds. The van der Waals surface area contributed by atoms with Crippen LogP contribution in [0.25, 0.3) is 5.69 Å². The third-order valence-corrected chi connectivity index (χ3v) is 7.38. The summed E-state index contributed by atoms with van der Waals surface area (Å²) in [5, 5.41) is 4.49. The minimum absolute atomic E-state index is 0.236. The molecule has 1 aliphatic heterocycles. The second-order valence-electron chi connectivity index (χ2n) is 10.4. The molecule has 1 fully saturated rings. The van der Waals surface area contributed by atoms with Crippen LogP contribution < -0.4 is 15.2 Å². The van der Waals surface area contributed by atoms with Gasteiger partial charge in [0.1, 0.15) is 5.69 Å². The van der Waals surface area contributed by atoms with Crippen LogP contribution in [-0.4, -0.2) is 53.4 Å². The van der Waals surface area contributed by atoms with Crippen molar-refractivity contribution in [2.24, 2.45) is 0 Å². The van der Waals surface area contributed by atoms with Gasteiger partial charge in [0.25, 0.3) is 0 Å². The van der Waals surface area contributed by atoms with Crippen molar-refractivity contribution in [1.82, 2.24) is 14.7 Å². The van der Waals surface area contributed by atoms with E-state index in [9.17, 15) is 9.59 Å². The van der Waals surface area contributed by atoms with Crippen molar-refractivity contribution >= 4 is 11.6 Å². The molecule has 7 heteroatoms. The number of ether oxygens (including phenoxy) is 1. The highest BCUT2D eigenvalue weighted by Gasteiger charge is 2.25. The number of aromatic nitrogens is 2. The number of carbonyl (C=O) groups is 1. The number of benzene rings is 1. The van der Waals surface area contributed by atoms with Crippen molar-refractivity contribution in [3.8, 4) is 11.4 Å². The van der Waals surface area contributed by atoms with Crippen LogP contribution >= 0.6 is 0 Å². The zero-order valence-corrected chi connectivity index (χ0v) is 23.7. The molecular formula is C31H48N4O3. The molecule has 1 aromatic heterocycles. The smallest absolute Gasteiger partial charge is 0.316 e. The van der Waals surface area contributed by atoms with Gasteiger partial charge in [-0.3, -0.25) is 9.59 Å². The molecule has 2 aromatic rings. The third kappa shape index (κ3) is 9.17. The summed E-state index contributed by atoms with van der Waals surface area (Å²) in [5.74, 6) is 0.613. The molecule has 0 unspecified atom stereocenters. The average Bonchev–Trinajstić information content (AvgIpc) is 2.95. The first-order chi connectivity index (χ1) is 18.7. The highest BCUT2D eigenvalue weighted by atomic mass is 16.5. The number of nitrogens with zero attached hydrogens (tertiary/aromatic N) is 4. The summed E-state index contributed by atoms with van der Waals surface area (Å²) in [7, 11) is 0. The molecule has 0 saturated carbocycles. The maximum Gasteiger partial charge on any atom is 0.316 e. The molecule has 2 heterocycles. The molecule has 0 aliphatic carbocycles. The number of piperazine rings is 1. The van der Waals surface area contributed by atoms with Crippen LogP contribution in [0.5, 0.6) is 5.75 Å². The van der Waals surface area contributed by atoms with E-state index in [-0.39, 0.29) is 11.5 Å². The zero-order valence-electron chi connectivity index (χ0n) is 23.7. The zero-order chi connectivity index (χ0) is 27.0. The molecule has 210 valence electrons. The lowest BCUT2D eigenvalue weighted by Gasteiger charge is -2.36. The predicted octanol–water partition coefficient (Wildman–Crippen LogP) is 6.37. The Bertz CT molecular complexity index is 1000. The number of unbranched alkanes of at least 4 members (excludes halogenated alkanes) is 10.